The monoisotopic (exact) mass is 236 g/mol. The maximum absolute atomic E-state index is 11.6. The van der Waals surface area contributed by atoms with E-state index in [1.54, 1.807) is 23.1 Å². The number of amides is 1. The maximum Gasteiger partial charge on any atom is 0.253 e. The zero-order chi connectivity index (χ0) is 11.5. The Morgan fingerprint density at radius 1 is 1.50 bits per heavy atom. The Labute approximate surface area is 98.0 Å². The summed E-state index contributed by atoms with van der Waals surface area (Å²) in [5.74, 6) is -0.0907. The lowest BCUT2D eigenvalue weighted by Gasteiger charge is -2.26. The van der Waals surface area contributed by atoms with Crippen molar-refractivity contribution in [3.8, 4) is 6.07 Å². The second-order valence-electron chi connectivity index (χ2n) is 3.37. The standard InChI is InChI=1S/C11H9ClN2O2/c12-10-5-9(2-1-8(10)6-13)14-3-4-16-7-11(14)15/h1-2,5H,3-4,7H2. The number of anilines is 1. The molecule has 0 radical (unpaired) electrons. The van der Waals surface area contributed by atoms with Gasteiger partial charge >= 0.3 is 0 Å². The Morgan fingerprint density at radius 2 is 2.31 bits per heavy atom. The van der Waals surface area contributed by atoms with Gasteiger partial charge in [-0.1, -0.05) is 11.6 Å². The first-order valence-corrected chi connectivity index (χ1v) is 5.18. The van der Waals surface area contributed by atoms with Crippen molar-refractivity contribution < 1.29 is 9.53 Å². The third-order valence-corrected chi connectivity index (χ3v) is 2.68. The molecule has 0 spiro atoms. The Balaban J connectivity index is 2.30. The summed E-state index contributed by atoms with van der Waals surface area (Å²) >= 11 is 5.90. The highest BCUT2D eigenvalue weighted by molar-refractivity contribution is 6.32. The van der Waals surface area contributed by atoms with Gasteiger partial charge in [0.1, 0.15) is 12.7 Å². The lowest BCUT2D eigenvalue weighted by Crippen LogP contribution is -2.41. The first kappa shape index (κ1) is 10.9. The van der Waals surface area contributed by atoms with Crippen LogP contribution in [0.3, 0.4) is 0 Å². The molecule has 82 valence electrons. The second kappa shape index (κ2) is 4.52. The molecule has 0 saturated carbocycles. The van der Waals surface area contributed by atoms with Crippen molar-refractivity contribution in [2.24, 2.45) is 0 Å². The summed E-state index contributed by atoms with van der Waals surface area (Å²) in [4.78, 5) is 13.2. The van der Waals surface area contributed by atoms with Gasteiger partial charge < -0.3 is 9.64 Å². The number of benzene rings is 1. The smallest absolute Gasteiger partial charge is 0.253 e. The summed E-state index contributed by atoms with van der Waals surface area (Å²) in [5, 5.41) is 9.10. The predicted molar refractivity (Wildman–Crippen MR) is 59.3 cm³/mol. The normalized spacial score (nSPS) is 16.0. The van der Waals surface area contributed by atoms with Crippen molar-refractivity contribution in [3.05, 3.63) is 28.8 Å². The van der Waals surface area contributed by atoms with E-state index in [1.807, 2.05) is 6.07 Å². The third-order valence-electron chi connectivity index (χ3n) is 2.37. The molecule has 1 saturated heterocycles. The van der Waals surface area contributed by atoms with E-state index in [2.05, 4.69) is 0 Å². The van der Waals surface area contributed by atoms with Gasteiger partial charge in [0.2, 0.25) is 0 Å². The molecule has 0 atom stereocenters. The summed E-state index contributed by atoms with van der Waals surface area (Å²) in [6, 6.07) is 6.93. The van der Waals surface area contributed by atoms with Gasteiger partial charge in [0.15, 0.2) is 0 Å². The molecule has 0 bridgehead atoms. The average molecular weight is 237 g/mol. The zero-order valence-corrected chi connectivity index (χ0v) is 9.20. The van der Waals surface area contributed by atoms with Crippen LogP contribution in [0.25, 0.3) is 0 Å². The van der Waals surface area contributed by atoms with Crippen LogP contribution in [0, 0.1) is 11.3 Å². The van der Waals surface area contributed by atoms with E-state index in [4.69, 9.17) is 21.6 Å². The molecule has 1 amide bonds. The Bertz CT molecular complexity index is 468. The van der Waals surface area contributed by atoms with Gasteiger partial charge in [-0.25, -0.2) is 0 Å². The molecule has 4 nitrogen and oxygen atoms in total. The highest BCUT2D eigenvalue weighted by atomic mass is 35.5. The number of nitriles is 1. The van der Waals surface area contributed by atoms with Crippen molar-refractivity contribution in [1.29, 1.82) is 5.26 Å². The summed E-state index contributed by atoms with van der Waals surface area (Å²) in [6.45, 7) is 1.13. The molecule has 1 aromatic carbocycles. The van der Waals surface area contributed by atoms with Crippen LogP contribution in [0.1, 0.15) is 5.56 Å². The Kier molecular flexibility index (Phi) is 3.09. The molecule has 2 rings (SSSR count). The van der Waals surface area contributed by atoms with Crippen LogP contribution in [0.4, 0.5) is 5.69 Å². The lowest BCUT2D eigenvalue weighted by atomic mass is 10.2. The molecule has 0 aliphatic carbocycles. The minimum Gasteiger partial charge on any atom is -0.370 e. The molecule has 0 N–H and O–H groups in total. The highest BCUT2D eigenvalue weighted by Crippen LogP contribution is 2.24. The van der Waals surface area contributed by atoms with Gasteiger partial charge in [0, 0.05) is 12.2 Å². The average Bonchev–Trinajstić information content (AvgIpc) is 2.29. The van der Waals surface area contributed by atoms with Crippen molar-refractivity contribution in [2.45, 2.75) is 0 Å². The SMILES string of the molecule is N#Cc1ccc(N2CCOCC2=O)cc1Cl. The van der Waals surface area contributed by atoms with Crippen LogP contribution in [-0.4, -0.2) is 25.7 Å². The van der Waals surface area contributed by atoms with E-state index in [1.165, 1.54) is 0 Å². The molecule has 1 aliphatic rings. The van der Waals surface area contributed by atoms with Gasteiger partial charge in [-0.2, -0.15) is 5.26 Å². The summed E-state index contributed by atoms with van der Waals surface area (Å²) in [6.07, 6.45) is 0. The van der Waals surface area contributed by atoms with Crippen molar-refractivity contribution in [3.63, 3.8) is 0 Å². The first-order valence-electron chi connectivity index (χ1n) is 4.80. The molecule has 1 heterocycles. The van der Waals surface area contributed by atoms with E-state index >= 15 is 0 Å². The van der Waals surface area contributed by atoms with Gasteiger partial charge in [-0.15, -0.1) is 0 Å². The summed E-state index contributed by atoms with van der Waals surface area (Å²) in [5.41, 5.74) is 1.11. The summed E-state index contributed by atoms with van der Waals surface area (Å²) in [7, 11) is 0. The number of halogens is 1. The van der Waals surface area contributed by atoms with E-state index in [0.29, 0.717) is 29.4 Å². The predicted octanol–water partition coefficient (Wildman–Crippen LogP) is 1.57. The molecular formula is C11H9ClN2O2. The molecule has 1 aliphatic heterocycles. The number of hydrogen-bond acceptors (Lipinski definition) is 3. The third kappa shape index (κ3) is 2.01. The van der Waals surface area contributed by atoms with Crippen LogP contribution >= 0.6 is 11.6 Å². The van der Waals surface area contributed by atoms with E-state index < -0.39 is 0 Å². The van der Waals surface area contributed by atoms with Crippen LogP contribution in [0.5, 0.6) is 0 Å². The number of nitrogens with zero attached hydrogens (tertiary/aromatic N) is 2. The molecular weight excluding hydrogens is 228 g/mol. The number of hydrogen-bond donors (Lipinski definition) is 0. The fourth-order valence-corrected chi connectivity index (χ4v) is 1.77. The second-order valence-corrected chi connectivity index (χ2v) is 3.78. The maximum atomic E-state index is 11.6. The van der Waals surface area contributed by atoms with Gasteiger partial charge in [-0.3, -0.25) is 4.79 Å². The number of morpholine rings is 1. The molecule has 0 unspecified atom stereocenters. The lowest BCUT2D eigenvalue weighted by molar-refractivity contribution is -0.125. The minimum absolute atomic E-state index is 0.0907. The van der Waals surface area contributed by atoms with Crippen molar-refractivity contribution >= 4 is 23.2 Å². The number of carbonyl (C=O) groups excluding carboxylic acids is 1. The van der Waals surface area contributed by atoms with Crippen LogP contribution < -0.4 is 4.90 Å². The van der Waals surface area contributed by atoms with Crippen LogP contribution in [0.2, 0.25) is 5.02 Å². The fraction of sp³-hybridized carbons (Fsp3) is 0.273. The van der Waals surface area contributed by atoms with Crippen LogP contribution in [0.15, 0.2) is 18.2 Å². The van der Waals surface area contributed by atoms with Crippen molar-refractivity contribution in [2.75, 3.05) is 24.7 Å². The molecule has 1 fully saturated rings. The van der Waals surface area contributed by atoms with Gasteiger partial charge in [-0.05, 0) is 18.2 Å². The highest BCUT2D eigenvalue weighted by Gasteiger charge is 2.20. The molecule has 5 heteroatoms. The van der Waals surface area contributed by atoms with Gasteiger partial charge in [0.05, 0.1) is 17.2 Å². The summed E-state index contributed by atoms with van der Waals surface area (Å²) < 4.78 is 5.03. The first-order chi connectivity index (χ1) is 7.72. The molecule has 1 aromatic rings. The molecule has 16 heavy (non-hydrogen) atoms. The van der Waals surface area contributed by atoms with Gasteiger partial charge in [0.25, 0.3) is 5.91 Å². The Morgan fingerprint density at radius 3 is 2.94 bits per heavy atom. The van der Waals surface area contributed by atoms with Crippen molar-refractivity contribution in [1.82, 2.24) is 0 Å². The van der Waals surface area contributed by atoms with E-state index in [9.17, 15) is 4.79 Å². The molecule has 0 aromatic heterocycles. The minimum atomic E-state index is -0.0907. The quantitative estimate of drug-likeness (QED) is 0.744. The number of rotatable bonds is 1. The largest absolute Gasteiger partial charge is 0.370 e. The zero-order valence-electron chi connectivity index (χ0n) is 8.44. The topological polar surface area (TPSA) is 53.3 Å². The van der Waals surface area contributed by atoms with Crippen LogP contribution in [-0.2, 0) is 9.53 Å². The number of ether oxygens (including phenoxy) is 1. The number of carbonyl (C=O) groups is 1. The fourth-order valence-electron chi connectivity index (χ4n) is 1.55. The van der Waals surface area contributed by atoms with E-state index in [0.717, 1.165) is 0 Å². The Hall–Kier alpha value is -1.57. The van der Waals surface area contributed by atoms with E-state index in [-0.39, 0.29) is 12.5 Å².